The highest BCUT2D eigenvalue weighted by molar-refractivity contribution is 9.10. The molecule has 0 amide bonds. The number of pyridine rings is 1. The van der Waals surface area contributed by atoms with Crippen LogP contribution in [0.25, 0.3) is 0 Å². The van der Waals surface area contributed by atoms with E-state index in [9.17, 15) is 0 Å². The van der Waals surface area contributed by atoms with Gasteiger partial charge in [-0.05, 0) is 47.8 Å². The second-order valence-electron chi connectivity index (χ2n) is 4.69. The number of terminal acetylenes is 1. The first-order chi connectivity index (χ1) is 8.74. The maximum Gasteiger partial charge on any atom is 0.133 e. The Balaban J connectivity index is 2.23. The molecule has 1 saturated carbocycles. The van der Waals surface area contributed by atoms with Crippen molar-refractivity contribution in [2.75, 3.05) is 25.0 Å². The molecule has 1 aliphatic rings. The van der Waals surface area contributed by atoms with Gasteiger partial charge in [0.15, 0.2) is 0 Å². The van der Waals surface area contributed by atoms with Crippen LogP contribution in [-0.4, -0.2) is 25.1 Å². The first kappa shape index (κ1) is 13.4. The van der Waals surface area contributed by atoms with Gasteiger partial charge < -0.3 is 10.2 Å². The largest absolute Gasteiger partial charge is 0.345 e. The number of hydrogen-bond donors (Lipinski definition) is 1. The van der Waals surface area contributed by atoms with E-state index < -0.39 is 0 Å². The summed E-state index contributed by atoms with van der Waals surface area (Å²) in [6.45, 7) is 2.45. The molecule has 96 valence electrons. The van der Waals surface area contributed by atoms with Crippen LogP contribution < -0.4 is 10.2 Å². The Morgan fingerprint density at radius 2 is 2.39 bits per heavy atom. The maximum atomic E-state index is 5.47. The van der Waals surface area contributed by atoms with Crippen molar-refractivity contribution in [3.8, 4) is 12.3 Å². The number of nitrogens with zero attached hydrogens (tertiary/aromatic N) is 2. The van der Waals surface area contributed by atoms with Gasteiger partial charge in [-0.15, -0.1) is 6.42 Å². The first-order valence-corrected chi connectivity index (χ1v) is 7.01. The van der Waals surface area contributed by atoms with Gasteiger partial charge in [-0.1, -0.05) is 5.92 Å². The van der Waals surface area contributed by atoms with Gasteiger partial charge in [0.1, 0.15) is 5.82 Å². The Labute approximate surface area is 117 Å². The molecule has 1 N–H and O–H groups in total. The SMILES string of the molecule is C#CCN(CC1CC1)c1ncc(Br)cc1CNC. The zero-order chi connectivity index (χ0) is 13.0. The molecule has 0 radical (unpaired) electrons. The molecule has 4 heteroatoms. The molecule has 1 heterocycles. The predicted octanol–water partition coefficient (Wildman–Crippen LogP) is 2.41. The number of halogens is 1. The fourth-order valence-electron chi connectivity index (χ4n) is 2.03. The molecule has 0 saturated heterocycles. The molecule has 0 spiro atoms. The number of anilines is 1. The summed E-state index contributed by atoms with van der Waals surface area (Å²) in [6, 6.07) is 2.11. The molecular formula is C14H18BrN3. The van der Waals surface area contributed by atoms with E-state index in [1.807, 2.05) is 13.2 Å². The zero-order valence-corrected chi connectivity index (χ0v) is 12.2. The number of rotatable bonds is 6. The average molecular weight is 308 g/mol. The summed E-state index contributed by atoms with van der Waals surface area (Å²) in [6.07, 6.45) is 9.95. The molecule has 3 nitrogen and oxygen atoms in total. The van der Waals surface area contributed by atoms with E-state index in [0.717, 1.165) is 29.3 Å². The van der Waals surface area contributed by atoms with Crippen molar-refractivity contribution in [3.63, 3.8) is 0 Å². The molecular weight excluding hydrogens is 290 g/mol. The van der Waals surface area contributed by atoms with Crippen molar-refractivity contribution in [2.24, 2.45) is 5.92 Å². The topological polar surface area (TPSA) is 28.2 Å². The fourth-order valence-corrected chi connectivity index (χ4v) is 2.41. The number of hydrogen-bond acceptors (Lipinski definition) is 3. The van der Waals surface area contributed by atoms with Crippen LogP contribution in [0, 0.1) is 18.3 Å². The molecule has 0 aliphatic heterocycles. The van der Waals surface area contributed by atoms with Gasteiger partial charge in [-0.2, -0.15) is 0 Å². The molecule has 2 rings (SSSR count). The quantitative estimate of drug-likeness (QED) is 0.818. The van der Waals surface area contributed by atoms with Gasteiger partial charge in [0.2, 0.25) is 0 Å². The summed E-state index contributed by atoms with van der Waals surface area (Å²) in [5.74, 6) is 4.55. The second kappa shape index (κ2) is 6.21. The van der Waals surface area contributed by atoms with Crippen molar-refractivity contribution < 1.29 is 0 Å². The highest BCUT2D eigenvalue weighted by Gasteiger charge is 2.25. The molecule has 1 aromatic heterocycles. The van der Waals surface area contributed by atoms with E-state index in [-0.39, 0.29) is 0 Å². The third-order valence-electron chi connectivity index (χ3n) is 3.03. The van der Waals surface area contributed by atoms with E-state index in [1.54, 1.807) is 0 Å². The molecule has 1 aromatic rings. The average Bonchev–Trinajstić information content (AvgIpc) is 3.13. The summed E-state index contributed by atoms with van der Waals surface area (Å²) in [7, 11) is 1.94. The Hall–Kier alpha value is -1.05. The first-order valence-electron chi connectivity index (χ1n) is 6.22. The molecule has 18 heavy (non-hydrogen) atoms. The third kappa shape index (κ3) is 3.47. The van der Waals surface area contributed by atoms with E-state index in [2.05, 4.69) is 43.1 Å². The van der Waals surface area contributed by atoms with E-state index in [0.29, 0.717) is 6.54 Å². The maximum absolute atomic E-state index is 5.47. The Morgan fingerprint density at radius 1 is 1.61 bits per heavy atom. The van der Waals surface area contributed by atoms with E-state index in [1.165, 1.54) is 18.4 Å². The molecule has 1 fully saturated rings. The zero-order valence-electron chi connectivity index (χ0n) is 10.6. The lowest BCUT2D eigenvalue weighted by atomic mass is 10.2. The smallest absolute Gasteiger partial charge is 0.133 e. The minimum Gasteiger partial charge on any atom is -0.345 e. The van der Waals surface area contributed by atoms with Crippen LogP contribution in [0.3, 0.4) is 0 Å². The molecule has 0 aromatic carbocycles. The molecule has 0 atom stereocenters. The lowest BCUT2D eigenvalue weighted by Crippen LogP contribution is -2.28. The summed E-state index contributed by atoms with van der Waals surface area (Å²) >= 11 is 3.47. The van der Waals surface area contributed by atoms with Crippen LogP contribution in [0.4, 0.5) is 5.82 Å². The van der Waals surface area contributed by atoms with Gasteiger partial charge >= 0.3 is 0 Å². The molecule has 1 aliphatic carbocycles. The van der Waals surface area contributed by atoms with Crippen molar-refractivity contribution in [2.45, 2.75) is 19.4 Å². The minimum atomic E-state index is 0.627. The summed E-state index contributed by atoms with van der Waals surface area (Å²) in [5.41, 5.74) is 1.18. The van der Waals surface area contributed by atoms with Crippen molar-refractivity contribution in [3.05, 3.63) is 22.3 Å². The van der Waals surface area contributed by atoms with E-state index in [4.69, 9.17) is 6.42 Å². The van der Waals surface area contributed by atoms with Crippen LogP contribution in [0.15, 0.2) is 16.7 Å². The van der Waals surface area contributed by atoms with Crippen LogP contribution in [0.2, 0.25) is 0 Å². The van der Waals surface area contributed by atoms with Crippen molar-refractivity contribution in [1.82, 2.24) is 10.3 Å². The molecule has 0 bridgehead atoms. The standard InChI is InChI=1S/C14H18BrN3/c1-3-6-18(10-11-4-5-11)14-12(8-16-2)7-13(15)9-17-14/h1,7,9,11,16H,4-6,8,10H2,2H3. The Bertz CT molecular complexity index is 449. The predicted molar refractivity (Wildman–Crippen MR) is 78.5 cm³/mol. The highest BCUT2D eigenvalue weighted by Crippen LogP contribution is 2.32. The van der Waals surface area contributed by atoms with Crippen molar-refractivity contribution >= 4 is 21.7 Å². The molecule has 0 unspecified atom stereocenters. The normalized spacial score (nSPS) is 14.3. The van der Waals surface area contributed by atoms with Gasteiger partial charge in [0, 0.05) is 29.3 Å². The minimum absolute atomic E-state index is 0.627. The fraction of sp³-hybridized carbons (Fsp3) is 0.500. The summed E-state index contributed by atoms with van der Waals surface area (Å²) < 4.78 is 1.00. The van der Waals surface area contributed by atoms with Crippen LogP contribution in [0.5, 0.6) is 0 Å². The van der Waals surface area contributed by atoms with Crippen LogP contribution >= 0.6 is 15.9 Å². The lowest BCUT2D eigenvalue weighted by molar-refractivity contribution is 0.737. The lowest BCUT2D eigenvalue weighted by Gasteiger charge is -2.24. The van der Waals surface area contributed by atoms with Gasteiger partial charge in [0.05, 0.1) is 6.54 Å². The second-order valence-corrected chi connectivity index (χ2v) is 5.61. The monoisotopic (exact) mass is 307 g/mol. The van der Waals surface area contributed by atoms with Gasteiger partial charge in [0.25, 0.3) is 0 Å². The Kier molecular flexibility index (Phi) is 4.62. The van der Waals surface area contributed by atoms with E-state index >= 15 is 0 Å². The van der Waals surface area contributed by atoms with Gasteiger partial charge in [-0.25, -0.2) is 4.98 Å². The number of aromatic nitrogens is 1. The number of nitrogens with one attached hydrogen (secondary N) is 1. The Morgan fingerprint density at radius 3 is 3.00 bits per heavy atom. The summed E-state index contributed by atoms with van der Waals surface area (Å²) in [4.78, 5) is 6.76. The highest BCUT2D eigenvalue weighted by atomic mass is 79.9. The van der Waals surface area contributed by atoms with Gasteiger partial charge in [-0.3, -0.25) is 0 Å². The third-order valence-corrected chi connectivity index (χ3v) is 3.47. The van der Waals surface area contributed by atoms with Crippen molar-refractivity contribution in [1.29, 1.82) is 0 Å². The van der Waals surface area contributed by atoms with Crippen LogP contribution in [-0.2, 0) is 6.54 Å². The van der Waals surface area contributed by atoms with Crippen LogP contribution in [0.1, 0.15) is 18.4 Å². The summed E-state index contributed by atoms with van der Waals surface area (Å²) in [5, 5.41) is 3.18.